The van der Waals surface area contributed by atoms with E-state index in [4.69, 9.17) is 10.8 Å². The molecule has 1 unspecified atom stereocenters. The van der Waals surface area contributed by atoms with E-state index >= 15 is 0 Å². The van der Waals surface area contributed by atoms with Crippen molar-refractivity contribution in [3.8, 4) is 0 Å². The summed E-state index contributed by atoms with van der Waals surface area (Å²) in [5, 5.41) is 8.87. The first kappa shape index (κ1) is 14.9. The highest BCUT2D eigenvalue weighted by atomic mass is 16.4. The van der Waals surface area contributed by atoms with Gasteiger partial charge in [0.15, 0.2) is 0 Å². The number of carboxylic acids is 1. The number of rotatable bonds is 6. The van der Waals surface area contributed by atoms with E-state index in [9.17, 15) is 9.59 Å². The standard InChI is InChI=1S/C13H19N3O3/c1-4-16(9(3)7-10(17)18)13-11(12(14)19)8(2)5-6-15-13/h5-6,9H,4,7H2,1-3H3,(H2,14,19)(H,17,18). The van der Waals surface area contributed by atoms with E-state index in [0.29, 0.717) is 17.9 Å². The molecule has 0 aromatic carbocycles. The number of hydrogen-bond acceptors (Lipinski definition) is 4. The van der Waals surface area contributed by atoms with E-state index in [2.05, 4.69) is 4.98 Å². The van der Waals surface area contributed by atoms with Gasteiger partial charge >= 0.3 is 5.97 Å². The summed E-state index contributed by atoms with van der Waals surface area (Å²) in [6.07, 6.45) is 1.56. The molecular formula is C13H19N3O3. The van der Waals surface area contributed by atoms with Crippen molar-refractivity contribution in [2.75, 3.05) is 11.4 Å². The van der Waals surface area contributed by atoms with Gasteiger partial charge in [0.05, 0.1) is 12.0 Å². The molecule has 3 N–H and O–H groups in total. The van der Waals surface area contributed by atoms with E-state index in [1.54, 1.807) is 31.0 Å². The average molecular weight is 265 g/mol. The molecule has 19 heavy (non-hydrogen) atoms. The first-order valence-corrected chi connectivity index (χ1v) is 6.12. The number of pyridine rings is 1. The molecule has 0 bridgehead atoms. The molecule has 1 aromatic rings. The van der Waals surface area contributed by atoms with Crippen molar-refractivity contribution in [1.82, 2.24) is 4.98 Å². The SMILES string of the molecule is CCN(c1nccc(C)c1C(N)=O)C(C)CC(=O)O. The molecule has 0 aliphatic heterocycles. The van der Waals surface area contributed by atoms with Crippen molar-refractivity contribution >= 4 is 17.7 Å². The summed E-state index contributed by atoms with van der Waals surface area (Å²) in [6, 6.07) is 1.44. The third-order valence-corrected chi connectivity index (χ3v) is 3.00. The fourth-order valence-electron chi connectivity index (χ4n) is 2.10. The maximum atomic E-state index is 11.5. The summed E-state index contributed by atoms with van der Waals surface area (Å²) in [7, 11) is 0. The summed E-state index contributed by atoms with van der Waals surface area (Å²) < 4.78 is 0. The van der Waals surface area contributed by atoms with E-state index in [1.165, 1.54) is 0 Å². The third-order valence-electron chi connectivity index (χ3n) is 3.00. The van der Waals surface area contributed by atoms with E-state index in [-0.39, 0.29) is 12.5 Å². The summed E-state index contributed by atoms with van der Waals surface area (Å²) >= 11 is 0. The van der Waals surface area contributed by atoms with Crippen molar-refractivity contribution < 1.29 is 14.7 Å². The van der Waals surface area contributed by atoms with Crippen LogP contribution in [0.2, 0.25) is 0 Å². The molecule has 0 saturated carbocycles. The Bertz CT molecular complexity index is 488. The number of hydrogen-bond donors (Lipinski definition) is 2. The largest absolute Gasteiger partial charge is 0.481 e. The summed E-state index contributed by atoms with van der Waals surface area (Å²) in [4.78, 5) is 28.3. The average Bonchev–Trinajstić information content (AvgIpc) is 2.28. The molecule has 6 heteroatoms. The minimum atomic E-state index is -0.890. The van der Waals surface area contributed by atoms with Crippen LogP contribution in [-0.2, 0) is 4.79 Å². The maximum Gasteiger partial charge on any atom is 0.305 e. The van der Waals surface area contributed by atoms with Crippen molar-refractivity contribution in [3.63, 3.8) is 0 Å². The number of carbonyl (C=O) groups excluding carboxylic acids is 1. The first-order chi connectivity index (χ1) is 8.88. The second-order valence-corrected chi connectivity index (χ2v) is 4.42. The van der Waals surface area contributed by atoms with Gasteiger partial charge in [-0.05, 0) is 32.4 Å². The molecule has 0 aliphatic rings. The molecule has 1 atom stereocenters. The number of anilines is 1. The lowest BCUT2D eigenvalue weighted by atomic mass is 10.1. The molecule has 1 rings (SSSR count). The van der Waals surface area contributed by atoms with Crippen molar-refractivity contribution in [2.24, 2.45) is 5.73 Å². The minimum absolute atomic E-state index is 0.0261. The van der Waals surface area contributed by atoms with Gasteiger partial charge in [-0.25, -0.2) is 4.98 Å². The van der Waals surface area contributed by atoms with Crippen LogP contribution in [0, 0.1) is 6.92 Å². The van der Waals surface area contributed by atoms with Crippen LogP contribution in [0.15, 0.2) is 12.3 Å². The molecule has 0 spiro atoms. The Hall–Kier alpha value is -2.11. The Morgan fingerprint density at radius 3 is 2.63 bits per heavy atom. The number of nitrogens with zero attached hydrogens (tertiary/aromatic N) is 2. The number of carboxylic acid groups (broad SMARTS) is 1. The molecule has 6 nitrogen and oxygen atoms in total. The molecule has 0 aliphatic carbocycles. The van der Waals surface area contributed by atoms with Crippen LogP contribution in [0.25, 0.3) is 0 Å². The van der Waals surface area contributed by atoms with Gasteiger partial charge in [0, 0.05) is 18.8 Å². The van der Waals surface area contributed by atoms with E-state index in [0.717, 1.165) is 5.56 Å². The van der Waals surface area contributed by atoms with Crippen molar-refractivity contribution in [1.29, 1.82) is 0 Å². The zero-order valence-corrected chi connectivity index (χ0v) is 11.4. The zero-order chi connectivity index (χ0) is 14.6. The normalized spacial score (nSPS) is 11.9. The van der Waals surface area contributed by atoms with Gasteiger partial charge in [-0.1, -0.05) is 0 Å². The predicted octanol–water partition coefficient (Wildman–Crippen LogP) is 1.18. The molecule has 1 heterocycles. The number of nitrogens with two attached hydrogens (primary N) is 1. The Morgan fingerprint density at radius 1 is 1.53 bits per heavy atom. The van der Waals surface area contributed by atoms with Crippen LogP contribution in [0.5, 0.6) is 0 Å². The van der Waals surface area contributed by atoms with Gasteiger partial charge in [0.1, 0.15) is 5.82 Å². The van der Waals surface area contributed by atoms with Crippen molar-refractivity contribution in [2.45, 2.75) is 33.2 Å². The minimum Gasteiger partial charge on any atom is -0.481 e. The summed E-state index contributed by atoms with van der Waals surface area (Å²) in [6.45, 7) is 5.99. The smallest absolute Gasteiger partial charge is 0.305 e. The number of primary amides is 1. The van der Waals surface area contributed by atoms with Gasteiger partial charge in [0.2, 0.25) is 0 Å². The van der Waals surface area contributed by atoms with Gasteiger partial charge in [-0.3, -0.25) is 9.59 Å². The molecule has 104 valence electrons. The number of aromatic nitrogens is 1. The van der Waals surface area contributed by atoms with Gasteiger partial charge in [-0.2, -0.15) is 0 Å². The van der Waals surface area contributed by atoms with Crippen LogP contribution in [0.4, 0.5) is 5.82 Å². The Kier molecular flexibility index (Phi) is 4.86. The Morgan fingerprint density at radius 2 is 2.16 bits per heavy atom. The Balaban J connectivity index is 3.21. The second-order valence-electron chi connectivity index (χ2n) is 4.42. The highest BCUT2D eigenvalue weighted by Crippen LogP contribution is 2.23. The maximum absolute atomic E-state index is 11.5. The van der Waals surface area contributed by atoms with Crippen LogP contribution in [-0.4, -0.2) is 34.6 Å². The number of carbonyl (C=O) groups is 2. The van der Waals surface area contributed by atoms with Crippen LogP contribution in [0.1, 0.15) is 36.2 Å². The second kappa shape index (κ2) is 6.17. The number of aliphatic carboxylic acids is 1. The lowest BCUT2D eigenvalue weighted by molar-refractivity contribution is -0.137. The summed E-state index contributed by atoms with van der Waals surface area (Å²) in [5.41, 5.74) is 6.47. The van der Waals surface area contributed by atoms with Crippen molar-refractivity contribution in [3.05, 3.63) is 23.4 Å². The Labute approximate surface area is 112 Å². The van der Waals surface area contributed by atoms with Crippen LogP contribution >= 0.6 is 0 Å². The molecule has 1 amide bonds. The van der Waals surface area contributed by atoms with Crippen LogP contribution in [0.3, 0.4) is 0 Å². The molecule has 0 fully saturated rings. The topological polar surface area (TPSA) is 96.5 Å². The van der Waals surface area contributed by atoms with Gasteiger partial charge in [-0.15, -0.1) is 0 Å². The molecular weight excluding hydrogens is 246 g/mol. The van der Waals surface area contributed by atoms with Gasteiger partial charge in [0.25, 0.3) is 5.91 Å². The highest BCUT2D eigenvalue weighted by molar-refractivity contribution is 5.99. The van der Waals surface area contributed by atoms with Crippen LogP contribution < -0.4 is 10.6 Å². The lowest BCUT2D eigenvalue weighted by Crippen LogP contribution is -2.37. The predicted molar refractivity (Wildman–Crippen MR) is 72.2 cm³/mol. The highest BCUT2D eigenvalue weighted by Gasteiger charge is 2.22. The van der Waals surface area contributed by atoms with E-state index < -0.39 is 11.9 Å². The van der Waals surface area contributed by atoms with E-state index in [1.807, 2.05) is 6.92 Å². The third kappa shape index (κ3) is 3.43. The molecule has 0 saturated heterocycles. The monoisotopic (exact) mass is 265 g/mol. The zero-order valence-electron chi connectivity index (χ0n) is 11.4. The first-order valence-electron chi connectivity index (χ1n) is 6.12. The summed E-state index contributed by atoms with van der Waals surface area (Å²) in [5.74, 6) is -0.996. The quantitative estimate of drug-likeness (QED) is 0.805. The number of amides is 1. The fraction of sp³-hybridized carbons (Fsp3) is 0.462. The lowest BCUT2D eigenvalue weighted by Gasteiger charge is -2.29. The molecule has 1 aromatic heterocycles. The fourth-order valence-corrected chi connectivity index (χ4v) is 2.10. The number of aryl methyl sites for hydroxylation is 1. The molecule has 0 radical (unpaired) electrons. The van der Waals surface area contributed by atoms with Gasteiger partial charge < -0.3 is 15.7 Å².